The molecule has 0 aliphatic carbocycles. The normalized spacial score (nSPS) is 19.7. The summed E-state index contributed by atoms with van der Waals surface area (Å²) in [6.07, 6.45) is 0.396. The molecule has 1 aliphatic rings. The Labute approximate surface area is 115 Å². The molecule has 1 saturated heterocycles. The molecule has 0 aromatic carbocycles. The number of rotatable bonds is 7. The van der Waals surface area contributed by atoms with Crippen molar-refractivity contribution in [2.24, 2.45) is 22.4 Å². The summed E-state index contributed by atoms with van der Waals surface area (Å²) in [6.45, 7) is 0.184. The zero-order chi connectivity index (χ0) is 15.3. The minimum absolute atomic E-state index is 0.0760. The lowest BCUT2D eigenvalue weighted by Gasteiger charge is -2.24. The van der Waals surface area contributed by atoms with E-state index >= 15 is 0 Å². The number of hydrogen-bond acceptors (Lipinski definition) is 4. The number of likely N-dealkylation sites (tertiary alicyclic amines) is 1. The van der Waals surface area contributed by atoms with Gasteiger partial charge in [-0.2, -0.15) is 0 Å². The van der Waals surface area contributed by atoms with E-state index in [2.05, 4.69) is 4.99 Å². The largest absolute Gasteiger partial charge is 0.481 e. The maximum Gasteiger partial charge on any atom is 0.326 e. The smallest absolute Gasteiger partial charge is 0.326 e. The first kappa shape index (κ1) is 15.7. The molecule has 20 heavy (non-hydrogen) atoms. The molecule has 112 valence electrons. The number of aliphatic imine (C=N–C) groups is 1. The third-order valence-electron chi connectivity index (χ3n) is 3.10. The molecule has 0 radical (unpaired) electrons. The van der Waals surface area contributed by atoms with Gasteiger partial charge in [0, 0.05) is 19.5 Å². The van der Waals surface area contributed by atoms with Crippen LogP contribution in [0.2, 0.25) is 0 Å². The van der Waals surface area contributed by atoms with E-state index < -0.39 is 29.8 Å². The van der Waals surface area contributed by atoms with Gasteiger partial charge < -0.3 is 26.6 Å². The summed E-state index contributed by atoms with van der Waals surface area (Å²) in [7, 11) is 0. The number of carbonyl (C=O) groups is 3. The van der Waals surface area contributed by atoms with E-state index in [1.165, 1.54) is 0 Å². The Morgan fingerprint density at radius 2 is 2.05 bits per heavy atom. The Bertz CT molecular complexity index is 433. The van der Waals surface area contributed by atoms with Crippen LogP contribution in [0.3, 0.4) is 0 Å². The van der Waals surface area contributed by atoms with Crippen LogP contribution in [0.5, 0.6) is 0 Å². The van der Waals surface area contributed by atoms with Crippen molar-refractivity contribution >= 4 is 23.8 Å². The molecule has 6 N–H and O–H groups in total. The van der Waals surface area contributed by atoms with Gasteiger partial charge >= 0.3 is 11.9 Å². The van der Waals surface area contributed by atoms with Crippen LogP contribution in [-0.4, -0.2) is 58.0 Å². The van der Waals surface area contributed by atoms with E-state index in [0.717, 1.165) is 4.90 Å². The summed E-state index contributed by atoms with van der Waals surface area (Å²) in [6, 6.07) is -1.04. The van der Waals surface area contributed by atoms with Gasteiger partial charge in [-0.25, -0.2) is 4.79 Å². The number of aliphatic carboxylic acids is 2. The van der Waals surface area contributed by atoms with Gasteiger partial charge in [0.15, 0.2) is 5.96 Å². The molecule has 1 heterocycles. The number of guanidine groups is 1. The average Bonchev–Trinajstić information content (AvgIpc) is 2.70. The second-order valence-corrected chi connectivity index (χ2v) is 4.59. The standard InChI is InChI=1S/C11H18N4O5/c12-11(13)14-3-1-2-7(10(19)20)15-5-6(9(17)18)4-8(15)16/h6-7H,1-5H2,(H,17,18)(H,19,20)(H4,12,13,14). The van der Waals surface area contributed by atoms with Gasteiger partial charge in [-0.1, -0.05) is 0 Å². The molecule has 0 aromatic heterocycles. The van der Waals surface area contributed by atoms with Crippen molar-refractivity contribution in [3.63, 3.8) is 0 Å². The van der Waals surface area contributed by atoms with Gasteiger partial charge in [0.25, 0.3) is 0 Å². The monoisotopic (exact) mass is 286 g/mol. The van der Waals surface area contributed by atoms with Gasteiger partial charge in [0.2, 0.25) is 5.91 Å². The van der Waals surface area contributed by atoms with E-state index in [-0.39, 0.29) is 31.9 Å². The van der Waals surface area contributed by atoms with Crippen molar-refractivity contribution in [3.8, 4) is 0 Å². The SMILES string of the molecule is NC(N)=NCCCC(C(=O)O)N1CC(C(=O)O)CC1=O. The zero-order valence-electron chi connectivity index (χ0n) is 10.9. The fourth-order valence-electron chi connectivity index (χ4n) is 2.10. The molecule has 1 rings (SSSR count). The molecule has 1 fully saturated rings. The Morgan fingerprint density at radius 3 is 2.50 bits per heavy atom. The second-order valence-electron chi connectivity index (χ2n) is 4.59. The zero-order valence-corrected chi connectivity index (χ0v) is 10.9. The third-order valence-corrected chi connectivity index (χ3v) is 3.10. The molecule has 2 atom stereocenters. The van der Waals surface area contributed by atoms with Gasteiger partial charge in [0.05, 0.1) is 5.92 Å². The molecule has 0 saturated carbocycles. The maximum atomic E-state index is 11.7. The van der Waals surface area contributed by atoms with Crippen molar-refractivity contribution in [3.05, 3.63) is 0 Å². The third kappa shape index (κ3) is 4.11. The average molecular weight is 286 g/mol. The number of nitrogens with zero attached hydrogens (tertiary/aromatic N) is 2. The fourth-order valence-corrected chi connectivity index (χ4v) is 2.10. The Balaban J connectivity index is 2.62. The lowest BCUT2D eigenvalue weighted by atomic mass is 10.1. The Morgan fingerprint density at radius 1 is 1.40 bits per heavy atom. The van der Waals surface area contributed by atoms with E-state index in [1.54, 1.807) is 0 Å². The number of carbonyl (C=O) groups excluding carboxylic acids is 1. The predicted octanol–water partition coefficient (Wildman–Crippen LogP) is -1.57. The highest BCUT2D eigenvalue weighted by molar-refractivity contribution is 5.89. The quantitative estimate of drug-likeness (QED) is 0.250. The molecular weight excluding hydrogens is 268 g/mol. The second kappa shape index (κ2) is 6.73. The van der Waals surface area contributed by atoms with Crippen LogP contribution >= 0.6 is 0 Å². The maximum absolute atomic E-state index is 11.7. The summed E-state index contributed by atoms with van der Waals surface area (Å²) in [5.41, 5.74) is 10.3. The van der Waals surface area contributed by atoms with Gasteiger partial charge in [-0.05, 0) is 12.8 Å². The van der Waals surface area contributed by atoms with Gasteiger partial charge in [-0.15, -0.1) is 0 Å². The molecule has 2 unspecified atom stereocenters. The molecule has 9 heteroatoms. The highest BCUT2D eigenvalue weighted by Crippen LogP contribution is 2.22. The Hall–Kier alpha value is -2.32. The number of amides is 1. The summed E-state index contributed by atoms with van der Waals surface area (Å²) < 4.78 is 0. The Kier molecular flexibility index (Phi) is 5.30. The topological polar surface area (TPSA) is 159 Å². The van der Waals surface area contributed by atoms with Crippen LogP contribution in [-0.2, 0) is 14.4 Å². The summed E-state index contributed by atoms with van der Waals surface area (Å²) in [4.78, 5) is 38.6. The fraction of sp³-hybridized carbons (Fsp3) is 0.636. The minimum atomic E-state index is -1.16. The molecular formula is C11H18N4O5. The first-order valence-electron chi connectivity index (χ1n) is 6.13. The number of hydrogen-bond donors (Lipinski definition) is 4. The van der Waals surface area contributed by atoms with Crippen molar-refractivity contribution in [2.45, 2.75) is 25.3 Å². The van der Waals surface area contributed by atoms with E-state index in [4.69, 9.17) is 21.7 Å². The molecule has 1 amide bonds. The minimum Gasteiger partial charge on any atom is -0.481 e. The van der Waals surface area contributed by atoms with Crippen molar-refractivity contribution in [1.29, 1.82) is 0 Å². The van der Waals surface area contributed by atoms with Crippen LogP contribution in [0.25, 0.3) is 0 Å². The van der Waals surface area contributed by atoms with Crippen molar-refractivity contribution < 1.29 is 24.6 Å². The lowest BCUT2D eigenvalue weighted by Crippen LogP contribution is -2.42. The molecule has 0 bridgehead atoms. The van der Waals surface area contributed by atoms with Crippen LogP contribution in [0.15, 0.2) is 4.99 Å². The predicted molar refractivity (Wildman–Crippen MR) is 68.8 cm³/mol. The summed E-state index contributed by atoms with van der Waals surface area (Å²) in [5.74, 6) is -3.63. The first-order valence-corrected chi connectivity index (χ1v) is 6.13. The molecule has 0 aromatic rings. The molecule has 1 aliphatic heterocycles. The van der Waals surface area contributed by atoms with Gasteiger partial charge in [-0.3, -0.25) is 14.6 Å². The van der Waals surface area contributed by atoms with Crippen molar-refractivity contribution in [2.75, 3.05) is 13.1 Å². The number of nitrogens with two attached hydrogens (primary N) is 2. The molecule has 0 spiro atoms. The first-order chi connectivity index (χ1) is 9.32. The highest BCUT2D eigenvalue weighted by Gasteiger charge is 2.40. The van der Waals surface area contributed by atoms with Crippen molar-refractivity contribution in [1.82, 2.24) is 4.90 Å². The lowest BCUT2D eigenvalue weighted by molar-refractivity contribution is -0.148. The van der Waals surface area contributed by atoms with Crippen LogP contribution in [0.4, 0.5) is 0 Å². The highest BCUT2D eigenvalue weighted by atomic mass is 16.4. The van der Waals surface area contributed by atoms with E-state index in [1.807, 2.05) is 0 Å². The number of carboxylic acids is 2. The molecule has 9 nitrogen and oxygen atoms in total. The van der Waals surface area contributed by atoms with E-state index in [0.29, 0.717) is 6.42 Å². The van der Waals surface area contributed by atoms with Gasteiger partial charge in [0.1, 0.15) is 6.04 Å². The summed E-state index contributed by atoms with van der Waals surface area (Å²) in [5, 5.41) is 18.0. The van der Waals surface area contributed by atoms with Crippen LogP contribution < -0.4 is 11.5 Å². The summed E-state index contributed by atoms with van der Waals surface area (Å²) >= 11 is 0. The van der Waals surface area contributed by atoms with Crippen LogP contribution in [0.1, 0.15) is 19.3 Å². The van der Waals surface area contributed by atoms with Crippen LogP contribution in [0, 0.1) is 5.92 Å². The number of carboxylic acid groups (broad SMARTS) is 2. The van der Waals surface area contributed by atoms with E-state index in [9.17, 15) is 14.4 Å².